The number of fused-ring (bicyclic) bond motifs is 2. The lowest BCUT2D eigenvalue weighted by molar-refractivity contribution is 0.0292. The van der Waals surface area contributed by atoms with Crippen LogP contribution in [-0.2, 0) is 17.7 Å². The van der Waals surface area contributed by atoms with Gasteiger partial charge in [-0.15, -0.1) is 11.3 Å². The maximum atomic E-state index is 13.6. The summed E-state index contributed by atoms with van der Waals surface area (Å²) in [6.07, 6.45) is 0.324. The van der Waals surface area contributed by atoms with Gasteiger partial charge in [0, 0.05) is 48.9 Å². The summed E-state index contributed by atoms with van der Waals surface area (Å²) < 4.78 is 6.54. The number of carbonyl (C=O) groups excluding carboxylic acids is 1. The molecule has 32 heavy (non-hydrogen) atoms. The van der Waals surface area contributed by atoms with E-state index in [0.717, 1.165) is 40.1 Å². The normalized spacial score (nSPS) is 17.5. The second-order valence-electron chi connectivity index (χ2n) is 8.25. The fourth-order valence-electron chi connectivity index (χ4n) is 4.58. The van der Waals surface area contributed by atoms with Crippen LogP contribution in [0.4, 0.5) is 0 Å². The van der Waals surface area contributed by atoms with E-state index in [9.17, 15) is 9.59 Å². The monoisotopic (exact) mass is 492 g/mol. The number of hydrogen-bond acceptors (Lipinski definition) is 6. The minimum Gasteiger partial charge on any atom is -0.376 e. The first-order valence-electron chi connectivity index (χ1n) is 10.4. The number of aryl methyl sites for hydroxylation is 1. The van der Waals surface area contributed by atoms with Crippen LogP contribution in [0.15, 0.2) is 16.4 Å². The summed E-state index contributed by atoms with van der Waals surface area (Å²) in [6, 6.07) is 1.84. The third-order valence-electron chi connectivity index (χ3n) is 6.40. The highest BCUT2D eigenvalue weighted by Gasteiger charge is 2.35. The van der Waals surface area contributed by atoms with Crippen LogP contribution < -0.4 is 10.9 Å². The molecule has 1 fully saturated rings. The second-order valence-corrected chi connectivity index (χ2v) is 9.89. The molecule has 1 amide bonds. The SMILES string of the molecule is COC(c1cc(Cl)c2c(c1Cl)C(=O)N(Cc1c(=O)[nH]c(C)c3ncsc13)CC2)C1CNC1. The lowest BCUT2D eigenvalue weighted by Crippen LogP contribution is -2.46. The number of aromatic nitrogens is 2. The molecule has 0 bridgehead atoms. The number of aromatic amines is 1. The van der Waals surface area contributed by atoms with Gasteiger partial charge in [0.2, 0.25) is 0 Å². The molecule has 0 aliphatic carbocycles. The van der Waals surface area contributed by atoms with Crippen molar-refractivity contribution in [2.75, 3.05) is 26.7 Å². The highest BCUT2D eigenvalue weighted by molar-refractivity contribution is 7.17. The van der Waals surface area contributed by atoms with E-state index < -0.39 is 0 Å². The van der Waals surface area contributed by atoms with Gasteiger partial charge in [-0.25, -0.2) is 4.98 Å². The minimum atomic E-state index is -0.244. The zero-order chi connectivity index (χ0) is 22.6. The van der Waals surface area contributed by atoms with Crippen LogP contribution >= 0.6 is 34.5 Å². The summed E-state index contributed by atoms with van der Waals surface area (Å²) in [6.45, 7) is 4.11. The molecule has 10 heteroatoms. The first kappa shape index (κ1) is 21.9. The molecule has 0 radical (unpaired) electrons. The Morgan fingerprint density at radius 2 is 2.12 bits per heavy atom. The Bertz CT molecular complexity index is 1280. The Morgan fingerprint density at radius 3 is 2.81 bits per heavy atom. The van der Waals surface area contributed by atoms with Crippen molar-refractivity contribution in [1.82, 2.24) is 20.2 Å². The molecule has 5 rings (SSSR count). The molecule has 0 spiro atoms. The average Bonchev–Trinajstić information content (AvgIpc) is 3.22. The van der Waals surface area contributed by atoms with Crippen LogP contribution in [-0.4, -0.2) is 47.5 Å². The molecular formula is C22H22Cl2N4O3S. The number of hydrogen-bond donors (Lipinski definition) is 2. The molecule has 1 aromatic carbocycles. The van der Waals surface area contributed by atoms with Gasteiger partial charge < -0.3 is 19.9 Å². The van der Waals surface area contributed by atoms with E-state index in [1.165, 1.54) is 11.3 Å². The van der Waals surface area contributed by atoms with Crippen molar-refractivity contribution < 1.29 is 9.53 Å². The van der Waals surface area contributed by atoms with Crippen molar-refractivity contribution in [3.8, 4) is 0 Å². The molecule has 0 saturated carbocycles. The van der Waals surface area contributed by atoms with Crippen LogP contribution in [0.5, 0.6) is 0 Å². The van der Waals surface area contributed by atoms with Crippen LogP contribution in [0.2, 0.25) is 10.0 Å². The largest absolute Gasteiger partial charge is 0.376 e. The average molecular weight is 493 g/mol. The van der Waals surface area contributed by atoms with Gasteiger partial charge in [-0.1, -0.05) is 23.2 Å². The number of ether oxygens (including phenoxy) is 1. The molecule has 4 heterocycles. The highest BCUT2D eigenvalue weighted by atomic mass is 35.5. The van der Waals surface area contributed by atoms with Gasteiger partial charge in [0.15, 0.2) is 0 Å². The Labute approximate surface area is 198 Å². The Balaban J connectivity index is 1.54. The maximum Gasteiger partial charge on any atom is 0.256 e. The van der Waals surface area contributed by atoms with Gasteiger partial charge in [-0.2, -0.15) is 0 Å². The lowest BCUT2D eigenvalue weighted by atomic mass is 9.87. The number of nitrogens with zero attached hydrogens (tertiary/aromatic N) is 2. The summed E-state index contributed by atoms with van der Waals surface area (Å²) >= 11 is 14.8. The van der Waals surface area contributed by atoms with Crippen molar-refractivity contribution in [3.05, 3.63) is 59.9 Å². The second kappa shape index (κ2) is 8.43. The fraction of sp³-hybridized carbons (Fsp3) is 0.409. The van der Waals surface area contributed by atoms with Gasteiger partial charge in [-0.05, 0) is 25.0 Å². The number of nitrogens with one attached hydrogen (secondary N) is 2. The van der Waals surface area contributed by atoms with Crippen molar-refractivity contribution in [1.29, 1.82) is 0 Å². The van der Waals surface area contributed by atoms with Crippen molar-refractivity contribution in [2.45, 2.75) is 26.0 Å². The standard InChI is InChI=1S/C22H22Cl2N4O3S/c1-10-18-20(32-9-26-18)14(21(29)27-10)8-28-4-3-12-15(23)5-13(17(24)16(12)22(28)30)19(31-2)11-6-25-7-11/h5,9,11,19,25H,3-4,6-8H2,1-2H3,(H,27,29). The number of halogens is 2. The van der Waals surface area contributed by atoms with Gasteiger partial charge in [0.1, 0.15) is 5.52 Å². The summed E-state index contributed by atoms with van der Waals surface area (Å²) in [5.41, 5.74) is 5.44. The summed E-state index contributed by atoms with van der Waals surface area (Å²) in [5.74, 6) is 0.0476. The third-order valence-corrected chi connectivity index (χ3v) is 8.03. The van der Waals surface area contributed by atoms with Gasteiger partial charge in [0.05, 0.1) is 39.0 Å². The lowest BCUT2D eigenvalue weighted by Gasteiger charge is -2.36. The van der Waals surface area contributed by atoms with Crippen LogP contribution in [0.1, 0.15) is 38.8 Å². The molecular weight excluding hydrogens is 471 g/mol. The Morgan fingerprint density at radius 1 is 1.34 bits per heavy atom. The first-order valence-corrected chi connectivity index (χ1v) is 12.0. The summed E-state index contributed by atoms with van der Waals surface area (Å²) in [4.78, 5) is 35.1. The molecule has 1 atom stereocenters. The van der Waals surface area contributed by atoms with E-state index in [-0.39, 0.29) is 30.0 Å². The van der Waals surface area contributed by atoms with Crippen molar-refractivity contribution in [3.63, 3.8) is 0 Å². The highest BCUT2D eigenvalue weighted by Crippen LogP contribution is 2.41. The molecule has 2 aliphatic rings. The molecule has 2 aromatic heterocycles. The van der Waals surface area contributed by atoms with E-state index in [1.807, 2.05) is 13.0 Å². The first-order chi connectivity index (χ1) is 15.4. The molecule has 2 aliphatic heterocycles. The van der Waals surface area contributed by atoms with Gasteiger partial charge in [0.25, 0.3) is 11.5 Å². The number of H-pyrrole nitrogens is 1. The van der Waals surface area contributed by atoms with Gasteiger partial charge >= 0.3 is 0 Å². The Hall–Kier alpha value is -1.97. The Kier molecular flexibility index (Phi) is 5.75. The van der Waals surface area contributed by atoms with E-state index in [1.54, 1.807) is 17.5 Å². The molecule has 1 saturated heterocycles. The number of methoxy groups -OCH3 is 1. The molecule has 2 N–H and O–H groups in total. The number of benzene rings is 1. The topological polar surface area (TPSA) is 87.3 Å². The summed E-state index contributed by atoms with van der Waals surface area (Å²) in [5, 5.41) is 4.15. The van der Waals surface area contributed by atoms with E-state index in [2.05, 4.69) is 15.3 Å². The number of thiazole rings is 1. The molecule has 7 nitrogen and oxygen atoms in total. The fourth-order valence-corrected chi connectivity index (χ4v) is 6.13. The van der Waals surface area contributed by atoms with Gasteiger partial charge in [-0.3, -0.25) is 9.59 Å². The quantitative estimate of drug-likeness (QED) is 0.566. The zero-order valence-electron chi connectivity index (χ0n) is 17.6. The van der Waals surface area contributed by atoms with E-state index in [4.69, 9.17) is 27.9 Å². The number of amides is 1. The maximum absolute atomic E-state index is 13.6. The number of rotatable bonds is 5. The predicted octanol–water partition coefficient (Wildman–Crippen LogP) is 3.71. The van der Waals surface area contributed by atoms with Crippen molar-refractivity contribution >= 4 is 50.7 Å². The predicted molar refractivity (Wildman–Crippen MR) is 126 cm³/mol. The molecule has 168 valence electrons. The molecule has 3 aromatic rings. The summed E-state index contributed by atoms with van der Waals surface area (Å²) in [7, 11) is 1.64. The van der Waals surface area contributed by atoms with E-state index in [0.29, 0.717) is 34.1 Å². The van der Waals surface area contributed by atoms with Crippen molar-refractivity contribution in [2.24, 2.45) is 5.92 Å². The minimum absolute atomic E-state index is 0.186. The zero-order valence-corrected chi connectivity index (χ0v) is 20.0. The third kappa shape index (κ3) is 3.45. The number of pyridine rings is 1. The van der Waals surface area contributed by atoms with E-state index >= 15 is 0 Å². The van der Waals surface area contributed by atoms with Crippen LogP contribution in [0.3, 0.4) is 0 Å². The molecule has 1 unspecified atom stereocenters. The van der Waals surface area contributed by atoms with Crippen LogP contribution in [0, 0.1) is 12.8 Å². The smallest absolute Gasteiger partial charge is 0.256 e. The number of carbonyl (C=O) groups is 1. The van der Waals surface area contributed by atoms with Crippen LogP contribution in [0.25, 0.3) is 10.2 Å².